The van der Waals surface area contributed by atoms with Crippen molar-refractivity contribution >= 4 is 5.69 Å². The van der Waals surface area contributed by atoms with Gasteiger partial charge in [0.25, 0.3) is 0 Å². The van der Waals surface area contributed by atoms with Crippen LogP contribution in [0.25, 0.3) is 0 Å². The number of aromatic nitrogens is 1. The van der Waals surface area contributed by atoms with E-state index in [1.165, 1.54) is 5.56 Å². The molecule has 19 heavy (non-hydrogen) atoms. The van der Waals surface area contributed by atoms with Gasteiger partial charge < -0.3 is 10.1 Å². The lowest BCUT2D eigenvalue weighted by Gasteiger charge is -2.19. The van der Waals surface area contributed by atoms with Crippen LogP contribution in [-0.4, -0.2) is 12.1 Å². The highest BCUT2D eigenvalue weighted by molar-refractivity contribution is 5.50. The van der Waals surface area contributed by atoms with Crippen LogP contribution >= 0.6 is 0 Å². The molecular formula is C16H20N2O. The van der Waals surface area contributed by atoms with Crippen molar-refractivity contribution in [3.05, 3.63) is 53.3 Å². The maximum Gasteiger partial charge on any atom is 0.124 e. The largest absolute Gasteiger partial charge is 0.496 e. The third-order valence-corrected chi connectivity index (χ3v) is 3.23. The molecule has 1 heterocycles. The number of anilines is 1. The standard InChI is InChI=1S/C16H20N2O/c1-11-7-8-16(19-4)14(10-11)12(2)18-15-6-5-9-17-13(15)3/h5-10,12,18H,1-4H3. The van der Waals surface area contributed by atoms with Crippen LogP contribution in [0.1, 0.15) is 29.8 Å². The summed E-state index contributed by atoms with van der Waals surface area (Å²) in [5, 5.41) is 3.49. The number of nitrogens with one attached hydrogen (secondary N) is 1. The second-order valence-corrected chi connectivity index (χ2v) is 4.75. The summed E-state index contributed by atoms with van der Waals surface area (Å²) < 4.78 is 5.43. The molecule has 0 saturated carbocycles. The molecule has 1 aromatic heterocycles. The Morgan fingerprint density at radius 1 is 1.21 bits per heavy atom. The monoisotopic (exact) mass is 256 g/mol. The molecule has 1 atom stereocenters. The summed E-state index contributed by atoms with van der Waals surface area (Å²) >= 11 is 0. The summed E-state index contributed by atoms with van der Waals surface area (Å²) in [5.74, 6) is 0.909. The van der Waals surface area contributed by atoms with E-state index in [0.717, 1.165) is 22.7 Å². The SMILES string of the molecule is COc1ccc(C)cc1C(C)Nc1cccnc1C. The van der Waals surface area contributed by atoms with Gasteiger partial charge in [-0.3, -0.25) is 4.98 Å². The summed E-state index contributed by atoms with van der Waals surface area (Å²) in [4.78, 5) is 4.29. The van der Waals surface area contributed by atoms with Gasteiger partial charge >= 0.3 is 0 Å². The molecule has 0 fully saturated rings. The van der Waals surface area contributed by atoms with E-state index in [0.29, 0.717) is 0 Å². The maximum absolute atomic E-state index is 5.43. The van der Waals surface area contributed by atoms with Crippen molar-refractivity contribution in [3.8, 4) is 5.75 Å². The lowest BCUT2D eigenvalue weighted by atomic mass is 10.0. The zero-order valence-electron chi connectivity index (χ0n) is 11.9. The molecule has 0 amide bonds. The number of nitrogens with zero attached hydrogens (tertiary/aromatic N) is 1. The quantitative estimate of drug-likeness (QED) is 0.901. The third kappa shape index (κ3) is 3.05. The molecule has 0 saturated heterocycles. The average molecular weight is 256 g/mol. The lowest BCUT2D eigenvalue weighted by molar-refractivity contribution is 0.408. The number of methoxy groups -OCH3 is 1. The van der Waals surface area contributed by atoms with Gasteiger partial charge in [-0.05, 0) is 39.0 Å². The molecule has 1 aromatic carbocycles. The van der Waals surface area contributed by atoms with Crippen molar-refractivity contribution in [1.82, 2.24) is 4.98 Å². The molecule has 2 aromatic rings. The van der Waals surface area contributed by atoms with Crippen LogP contribution in [0.2, 0.25) is 0 Å². The molecule has 3 heteroatoms. The topological polar surface area (TPSA) is 34.1 Å². The lowest BCUT2D eigenvalue weighted by Crippen LogP contribution is -2.09. The zero-order valence-corrected chi connectivity index (χ0v) is 11.9. The Labute approximate surface area is 114 Å². The normalized spacial score (nSPS) is 12.0. The van der Waals surface area contributed by atoms with Gasteiger partial charge in [0.15, 0.2) is 0 Å². The Morgan fingerprint density at radius 2 is 2.00 bits per heavy atom. The highest BCUT2D eigenvalue weighted by Gasteiger charge is 2.12. The number of aryl methyl sites for hydroxylation is 2. The minimum absolute atomic E-state index is 0.165. The van der Waals surface area contributed by atoms with E-state index in [4.69, 9.17) is 4.74 Å². The molecule has 100 valence electrons. The minimum atomic E-state index is 0.165. The van der Waals surface area contributed by atoms with Gasteiger partial charge in [0, 0.05) is 11.8 Å². The van der Waals surface area contributed by atoms with Crippen LogP contribution in [0.4, 0.5) is 5.69 Å². The van der Waals surface area contributed by atoms with Crippen LogP contribution in [0, 0.1) is 13.8 Å². The smallest absolute Gasteiger partial charge is 0.124 e. The minimum Gasteiger partial charge on any atom is -0.496 e. The molecule has 1 N–H and O–H groups in total. The highest BCUT2D eigenvalue weighted by atomic mass is 16.5. The van der Waals surface area contributed by atoms with Gasteiger partial charge in [-0.25, -0.2) is 0 Å². The fraction of sp³-hybridized carbons (Fsp3) is 0.312. The van der Waals surface area contributed by atoms with Gasteiger partial charge in [-0.2, -0.15) is 0 Å². The van der Waals surface area contributed by atoms with E-state index < -0.39 is 0 Å². The number of hydrogen-bond donors (Lipinski definition) is 1. The number of hydrogen-bond acceptors (Lipinski definition) is 3. The Kier molecular flexibility index (Phi) is 4.05. The first kappa shape index (κ1) is 13.4. The van der Waals surface area contributed by atoms with E-state index in [-0.39, 0.29) is 6.04 Å². The maximum atomic E-state index is 5.43. The van der Waals surface area contributed by atoms with E-state index in [1.807, 2.05) is 25.1 Å². The van der Waals surface area contributed by atoms with E-state index in [1.54, 1.807) is 13.3 Å². The highest BCUT2D eigenvalue weighted by Crippen LogP contribution is 2.29. The van der Waals surface area contributed by atoms with Gasteiger partial charge in [0.05, 0.1) is 24.5 Å². The van der Waals surface area contributed by atoms with Gasteiger partial charge in [-0.15, -0.1) is 0 Å². The predicted molar refractivity (Wildman–Crippen MR) is 78.7 cm³/mol. The molecule has 0 spiro atoms. The number of ether oxygens (including phenoxy) is 1. The first-order valence-corrected chi connectivity index (χ1v) is 6.44. The summed E-state index contributed by atoms with van der Waals surface area (Å²) in [5.41, 5.74) is 4.44. The third-order valence-electron chi connectivity index (χ3n) is 3.23. The second-order valence-electron chi connectivity index (χ2n) is 4.75. The Hall–Kier alpha value is -2.03. The molecule has 3 nitrogen and oxygen atoms in total. The molecule has 0 radical (unpaired) electrons. The number of pyridine rings is 1. The summed E-state index contributed by atoms with van der Waals surface area (Å²) in [6.07, 6.45) is 1.80. The van der Waals surface area contributed by atoms with Crippen LogP contribution in [0.5, 0.6) is 5.75 Å². The van der Waals surface area contributed by atoms with Crippen LogP contribution in [-0.2, 0) is 0 Å². The van der Waals surface area contributed by atoms with E-state index in [2.05, 4.69) is 36.3 Å². The van der Waals surface area contributed by atoms with Gasteiger partial charge in [-0.1, -0.05) is 17.7 Å². The number of rotatable bonds is 4. The van der Waals surface area contributed by atoms with Crippen molar-refractivity contribution in [2.45, 2.75) is 26.8 Å². The fourth-order valence-corrected chi connectivity index (χ4v) is 2.14. The molecule has 0 bridgehead atoms. The molecule has 2 rings (SSSR count). The molecular weight excluding hydrogens is 236 g/mol. The fourth-order valence-electron chi connectivity index (χ4n) is 2.14. The predicted octanol–water partition coefficient (Wildman–Crippen LogP) is 3.88. The van der Waals surface area contributed by atoms with Crippen LogP contribution < -0.4 is 10.1 Å². The first-order chi connectivity index (χ1) is 9.11. The molecule has 0 aliphatic heterocycles. The molecule has 0 aliphatic rings. The van der Waals surface area contributed by atoms with Crippen molar-refractivity contribution in [2.24, 2.45) is 0 Å². The molecule has 1 unspecified atom stereocenters. The van der Waals surface area contributed by atoms with E-state index >= 15 is 0 Å². The zero-order chi connectivity index (χ0) is 13.8. The van der Waals surface area contributed by atoms with Crippen molar-refractivity contribution in [1.29, 1.82) is 0 Å². The van der Waals surface area contributed by atoms with Gasteiger partial charge in [0.2, 0.25) is 0 Å². The summed E-state index contributed by atoms with van der Waals surface area (Å²) in [6, 6.07) is 10.4. The molecule has 0 aliphatic carbocycles. The Balaban J connectivity index is 2.27. The second kappa shape index (κ2) is 5.74. The van der Waals surface area contributed by atoms with Gasteiger partial charge in [0.1, 0.15) is 5.75 Å². The van der Waals surface area contributed by atoms with Crippen molar-refractivity contribution in [3.63, 3.8) is 0 Å². The summed E-state index contributed by atoms with van der Waals surface area (Å²) in [6.45, 7) is 6.22. The Morgan fingerprint density at radius 3 is 2.68 bits per heavy atom. The summed E-state index contributed by atoms with van der Waals surface area (Å²) in [7, 11) is 1.70. The van der Waals surface area contributed by atoms with Crippen LogP contribution in [0.3, 0.4) is 0 Å². The Bertz CT molecular complexity index is 566. The van der Waals surface area contributed by atoms with Crippen LogP contribution in [0.15, 0.2) is 36.5 Å². The first-order valence-electron chi connectivity index (χ1n) is 6.44. The average Bonchev–Trinajstić information content (AvgIpc) is 2.41. The number of benzene rings is 1. The van der Waals surface area contributed by atoms with E-state index in [9.17, 15) is 0 Å². The van der Waals surface area contributed by atoms with Crippen molar-refractivity contribution in [2.75, 3.05) is 12.4 Å². The van der Waals surface area contributed by atoms with Crippen molar-refractivity contribution < 1.29 is 4.74 Å².